The largest absolute Gasteiger partial charge is 0.384 e. The number of benzene rings is 1. The van der Waals surface area contributed by atoms with Crippen LogP contribution in [0.25, 0.3) is 0 Å². The maximum absolute atomic E-state index is 12.4. The highest BCUT2D eigenvalue weighted by Gasteiger charge is 2.17. The van der Waals surface area contributed by atoms with Crippen LogP contribution in [0.15, 0.2) is 47.8 Å². The van der Waals surface area contributed by atoms with E-state index in [-0.39, 0.29) is 11.4 Å². The van der Waals surface area contributed by atoms with Crippen molar-refractivity contribution in [3.8, 4) is 0 Å². The predicted molar refractivity (Wildman–Crippen MR) is 81.3 cm³/mol. The van der Waals surface area contributed by atoms with Gasteiger partial charge in [0, 0.05) is 12.7 Å². The minimum Gasteiger partial charge on any atom is -0.384 e. The zero-order chi connectivity index (χ0) is 15.1. The average molecular weight is 306 g/mol. The van der Waals surface area contributed by atoms with Crippen LogP contribution in [0, 0.1) is 0 Å². The molecule has 0 spiro atoms. The van der Waals surface area contributed by atoms with Gasteiger partial charge in [0.1, 0.15) is 11.2 Å². The van der Waals surface area contributed by atoms with Crippen molar-refractivity contribution < 1.29 is 8.42 Å². The number of hydrogen-bond acceptors (Lipinski definition) is 5. The Bertz CT molecular complexity index is 674. The summed E-state index contributed by atoms with van der Waals surface area (Å²) in [6, 6.07) is 8.52. The van der Waals surface area contributed by atoms with Gasteiger partial charge in [-0.15, -0.1) is 0 Å². The molecule has 21 heavy (non-hydrogen) atoms. The third kappa shape index (κ3) is 4.24. The first-order valence-electron chi connectivity index (χ1n) is 6.71. The number of hydrogen-bond donors (Lipinski definition) is 2. The predicted octanol–water partition coefficient (Wildman–Crippen LogP) is 1.78. The molecule has 7 heteroatoms. The number of para-hydroxylation sites is 1. The molecular weight excluding hydrogens is 288 g/mol. The van der Waals surface area contributed by atoms with Gasteiger partial charge >= 0.3 is 0 Å². The van der Waals surface area contributed by atoms with E-state index in [1.54, 1.807) is 36.5 Å². The van der Waals surface area contributed by atoms with Gasteiger partial charge in [0.25, 0.3) is 0 Å². The van der Waals surface area contributed by atoms with Crippen molar-refractivity contribution >= 4 is 15.7 Å². The molecule has 0 amide bonds. The lowest BCUT2D eigenvalue weighted by Gasteiger charge is -2.12. The Kier molecular flexibility index (Phi) is 5.24. The van der Waals surface area contributed by atoms with Gasteiger partial charge < -0.3 is 5.32 Å². The molecule has 0 aliphatic carbocycles. The molecule has 0 aliphatic rings. The van der Waals surface area contributed by atoms with Gasteiger partial charge in [-0.2, -0.15) is 0 Å². The van der Waals surface area contributed by atoms with Crippen LogP contribution < -0.4 is 10.0 Å². The van der Waals surface area contributed by atoms with E-state index >= 15 is 0 Å². The second-order valence-corrected chi connectivity index (χ2v) is 6.18. The number of sulfonamides is 1. The Balaban J connectivity index is 2.15. The zero-order valence-corrected chi connectivity index (χ0v) is 12.6. The van der Waals surface area contributed by atoms with Crippen molar-refractivity contribution in [3.05, 3.63) is 48.5 Å². The molecule has 0 unspecified atom stereocenters. The van der Waals surface area contributed by atoms with Gasteiger partial charge in [-0.25, -0.2) is 23.1 Å². The fourth-order valence-corrected chi connectivity index (χ4v) is 2.96. The molecule has 0 radical (unpaired) electrons. The Hall–Kier alpha value is -1.99. The Labute approximate surface area is 124 Å². The maximum atomic E-state index is 12.4. The van der Waals surface area contributed by atoms with Crippen molar-refractivity contribution in [3.63, 3.8) is 0 Å². The van der Waals surface area contributed by atoms with Gasteiger partial charge in [-0.05, 0) is 24.6 Å². The third-order valence-electron chi connectivity index (χ3n) is 2.83. The third-order valence-corrected chi connectivity index (χ3v) is 4.29. The van der Waals surface area contributed by atoms with Crippen LogP contribution in [0.1, 0.15) is 19.0 Å². The van der Waals surface area contributed by atoms with Crippen LogP contribution in [0.3, 0.4) is 0 Å². The fourth-order valence-electron chi connectivity index (χ4n) is 1.78. The summed E-state index contributed by atoms with van der Waals surface area (Å²) in [5, 5.41) is 3.12. The summed E-state index contributed by atoms with van der Waals surface area (Å²) in [6.07, 6.45) is 3.89. The molecule has 0 saturated carbocycles. The zero-order valence-electron chi connectivity index (χ0n) is 11.8. The monoisotopic (exact) mass is 306 g/mol. The lowest BCUT2D eigenvalue weighted by molar-refractivity contribution is 0.580. The van der Waals surface area contributed by atoms with Crippen molar-refractivity contribution in [1.29, 1.82) is 0 Å². The van der Waals surface area contributed by atoms with Gasteiger partial charge in [0.15, 0.2) is 0 Å². The highest BCUT2D eigenvalue weighted by molar-refractivity contribution is 7.89. The van der Waals surface area contributed by atoms with Crippen LogP contribution in [-0.2, 0) is 16.6 Å². The summed E-state index contributed by atoms with van der Waals surface area (Å²) in [4.78, 5) is 8.03. The molecule has 1 aromatic carbocycles. The molecule has 1 heterocycles. The van der Waals surface area contributed by atoms with Crippen molar-refractivity contribution in [2.24, 2.45) is 0 Å². The molecule has 112 valence electrons. The Morgan fingerprint density at radius 3 is 2.71 bits per heavy atom. The summed E-state index contributed by atoms with van der Waals surface area (Å²) in [7, 11) is -3.59. The quantitative estimate of drug-likeness (QED) is 0.814. The molecule has 0 fully saturated rings. The number of anilines is 1. The van der Waals surface area contributed by atoms with E-state index in [4.69, 9.17) is 0 Å². The summed E-state index contributed by atoms with van der Waals surface area (Å²) in [5.41, 5.74) is 1.22. The normalized spacial score (nSPS) is 11.3. The van der Waals surface area contributed by atoms with Crippen molar-refractivity contribution in [1.82, 2.24) is 14.7 Å². The lowest BCUT2D eigenvalue weighted by atomic mass is 10.3. The van der Waals surface area contributed by atoms with E-state index in [0.29, 0.717) is 11.4 Å². The SMILES string of the molecule is CCCNc1ccccc1S(=O)(=O)NCc1ccncn1. The summed E-state index contributed by atoms with van der Waals surface area (Å²) in [6.45, 7) is 2.88. The lowest BCUT2D eigenvalue weighted by Crippen LogP contribution is -2.24. The van der Waals surface area contributed by atoms with Crippen LogP contribution in [0.4, 0.5) is 5.69 Å². The van der Waals surface area contributed by atoms with Crippen LogP contribution >= 0.6 is 0 Å². The Morgan fingerprint density at radius 1 is 1.19 bits per heavy atom. The van der Waals surface area contributed by atoms with Gasteiger partial charge in [-0.1, -0.05) is 19.1 Å². The average Bonchev–Trinajstić information content (AvgIpc) is 2.52. The molecule has 0 bridgehead atoms. The number of rotatable bonds is 7. The second-order valence-electron chi connectivity index (χ2n) is 4.45. The van der Waals surface area contributed by atoms with Crippen LogP contribution in [0.5, 0.6) is 0 Å². The summed E-state index contributed by atoms with van der Waals surface area (Å²) in [5.74, 6) is 0. The first-order chi connectivity index (χ1) is 10.1. The number of aromatic nitrogens is 2. The van der Waals surface area contributed by atoms with Crippen molar-refractivity contribution in [2.45, 2.75) is 24.8 Å². The first-order valence-corrected chi connectivity index (χ1v) is 8.19. The molecule has 0 atom stereocenters. The molecule has 6 nitrogen and oxygen atoms in total. The standard InChI is InChI=1S/C14H18N4O2S/c1-2-8-16-13-5-3-4-6-14(13)21(19,20)18-10-12-7-9-15-11-17-12/h3-7,9,11,16,18H,2,8,10H2,1H3. The fraction of sp³-hybridized carbons (Fsp3) is 0.286. The van der Waals surface area contributed by atoms with E-state index < -0.39 is 10.0 Å². The number of nitrogens with zero attached hydrogens (tertiary/aromatic N) is 2. The molecular formula is C14H18N4O2S. The topological polar surface area (TPSA) is 84.0 Å². The van der Waals surface area contributed by atoms with Crippen LogP contribution in [-0.4, -0.2) is 24.9 Å². The molecule has 0 aliphatic heterocycles. The molecule has 2 N–H and O–H groups in total. The molecule has 1 aromatic heterocycles. The maximum Gasteiger partial charge on any atom is 0.242 e. The second kappa shape index (κ2) is 7.14. The van der Waals surface area contributed by atoms with E-state index in [0.717, 1.165) is 13.0 Å². The van der Waals surface area contributed by atoms with E-state index in [1.807, 2.05) is 6.92 Å². The molecule has 0 saturated heterocycles. The van der Waals surface area contributed by atoms with Gasteiger partial charge in [0.05, 0.1) is 17.9 Å². The van der Waals surface area contributed by atoms with Gasteiger partial charge in [-0.3, -0.25) is 0 Å². The smallest absolute Gasteiger partial charge is 0.242 e. The number of nitrogens with one attached hydrogen (secondary N) is 2. The van der Waals surface area contributed by atoms with Gasteiger partial charge in [0.2, 0.25) is 10.0 Å². The minimum atomic E-state index is -3.59. The van der Waals surface area contributed by atoms with Crippen molar-refractivity contribution in [2.75, 3.05) is 11.9 Å². The highest BCUT2D eigenvalue weighted by Crippen LogP contribution is 2.20. The first kappa shape index (κ1) is 15.4. The van der Waals surface area contributed by atoms with Crippen LogP contribution in [0.2, 0.25) is 0 Å². The van der Waals surface area contributed by atoms with E-state index in [2.05, 4.69) is 20.0 Å². The van der Waals surface area contributed by atoms with E-state index in [1.165, 1.54) is 6.33 Å². The summed E-state index contributed by atoms with van der Waals surface area (Å²) < 4.78 is 27.3. The molecule has 2 rings (SSSR count). The summed E-state index contributed by atoms with van der Waals surface area (Å²) >= 11 is 0. The minimum absolute atomic E-state index is 0.132. The Morgan fingerprint density at radius 2 is 2.00 bits per heavy atom. The highest BCUT2D eigenvalue weighted by atomic mass is 32.2. The molecule has 2 aromatic rings. The van der Waals surface area contributed by atoms with E-state index in [9.17, 15) is 8.42 Å².